The van der Waals surface area contributed by atoms with E-state index in [1.165, 1.54) is 6.08 Å². The van der Waals surface area contributed by atoms with Crippen molar-refractivity contribution in [2.75, 3.05) is 11.9 Å². The molecule has 2 aromatic rings. The van der Waals surface area contributed by atoms with Crippen LogP contribution in [0.25, 0.3) is 6.08 Å². The average molecular weight is 395 g/mol. The molecule has 7 heteroatoms. The normalized spacial score (nSPS) is 10.5. The number of thiocarbonyl (C=S) groups is 1. The van der Waals surface area contributed by atoms with Crippen LogP contribution in [-0.4, -0.2) is 17.6 Å². The van der Waals surface area contributed by atoms with Gasteiger partial charge in [0.25, 0.3) is 0 Å². The van der Waals surface area contributed by atoms with Crippen molar-refractivity contribution >= 4 is 58.2 Å². The third-order valence-corrected chi connectivity index (χ3v) is 3.62. The van der Waals surface area contributed by atoms with Gasteiger partial charge in [0.1, 0.15) is 5.75 Å². The van der Waals surface area contributed by atoms with E-state index >= 15 is 0 Å². The Labute approximate surface area is 161 Å². The van der Waals surface area contributed by atoms with Gasteiger partial charge < -0.3 is 10.1 Å². The Morgan fingerprint density at radius 2 is 1.80 bits per heavy atom. The monoisotopic (exact) mass is 394 g/mol. The topological polar surface area (TPSA) is 50.4 Å². The zero-order chi connectivity index (χ0) is 18.2. The molecular formula is C18H16Cl2N2O2S. The van der Waals surface area contributed by atoms with Crippen LogP contribution in [0.2, 0.25) is 10.0 Å². The molecule has 0 fully saturated rings. The summed E-state index contributed by atoms with van der Waals surface area (Å²) >= 11 is 16.9. The molecule has 25 heavy (non-hydrogen) atoms. The molecule has 0 aliphatic rings. The highest BCUT2D eigenvalue weighted by atomic mass is 35.5. The Morgan fingerprint density at radius 3 is 2.40 bits per heavy atom. The smallest absolute Gasteiger partial charge is 0.250 e. The molecule has 0 aromatic heterocycles. The van der Waals surface area contributed by atoms with Crippen LogP contribution in [-0.2, 0) is 4.79 Å². The molecule has 0 unspecified atom stereocenters. The van der Waals surface area contributed by atoms with Gasteiger partial charge in [-0.2, -0.15) is 0 Å². The lowest BCUT2D eigenvalue weighted by Crippen LogP contribution is -2.32. The second-order valence-electron chi connectivity index (χ2n) is 4.94. The molecule has 4 nitrogen and oxygen atoms in total. The summed E-state index contributed by atoms with van der Waals surface area (Å²) in [5.41, 5.74) is 1.47. The summed E-state index contributed by atoms with van der Waals surface area (Å²) in [6.45, 7) is 2.53. The predicted molar refractivity (Wildman–Crippen MR) is 107 cm³/mol. The number of anilines is 1. The van der Waals surface area contributed by atoms with E-state index in [2.05, 4.69) is 10.6 Å². The van der Waals surface area contributed by atoms with Crippen LogP contribution >= 0.6 is 35.4 Å². The van der Waals surface area contributed by atoms with E-state index in [0.717, 1.165) is 11.3 Å². The van der Waals surface area contributed by atoms with Gasteiger partial charge in [0.15, 0.2) is 5.11 Å². The summed E-state index contributed by atoms with van der Waals surface area (Å²) in [5, 5.41) is 6.50. The zero-order valence-electron chi connectivity index (χ0n) is 13.4. The maximum Gasteiger partial charge on any atom is 0.250 e. The summed E-state index contributed by atoms with van der Waals surface area (Å²) in [6.07, 6.45) is 3.08. The van der Waals surface area contributed by atoms with Crippen LogP contribution < -0.4 is 15.4 Å². The van der Waals surface area contributed by atoms with E-state index in [9.17, 15) is 4.79 Å². The second-order valence-corrected chi connectivity index (χ2v) is 6.22. The molecule has 0 saturated carbocycles. The maximum absolute atomic E-state index is 11.9. The third kappa shape index (κ3) is 6.74. The first-order chi connectivity index (χ1) is 12.0. The summed E-state index contributed by atoms with van der Waals surface area (Å²) in [7, 11) is 0. The van der Waals surface area contributed by atoms with Crippen molar-refractivity contribution in [1.82, 2.24) is 5.32 Å². The minimum Gasteiger partial charge on any atom is -0.494 e. The molecule has 0 radical (unpaired) electrons. The van der Waals surface area contributed by atoms with Crippen molar-refractivity contribution in [3.05, 3.63) is 64.1 Å². The number of hydrogen-bond donors (Lipinski definition) is 2. The van der Waals surface area contributed by atoms with Gasteiger partial charge >= 0.3 is 0 Å². The van der Waals surface area contributed by atoms with Gasteiger partial charge in [-0.3, -0.25) is 10.1 Å². The summed E-state index contributed by atoms with van der Waals surface area (Å²) < 4.78 is 5.36. The van der Waals surface area contributed by atoms with Crippen molar-refractivity contribution in [3.8, 4) is 5.75 Å². The highest BCUT2D eigenvalue weighted by Gasteiger charge is 2.03. The zero-order valence-corrected chi connectivity index (χ0v) is 15.7. The Hall–Kier alpha value is -2.08. The van der Waals surface area contributed by atoms with Crippen molar-refractivity contribution in [2.24, 2.45) is 0 Å². The number of carbonyl (C=O) groups excluding carboxylic acids is 1. The highest BCUT2D eigenvalue weighted by Crippen LogP contribution is 2.22. The fraction of sp³-hybridized carbons (Fsp3) is 0.111. The van der Waals surface area contributed by atoms with E-state index in [4.69, 9.17) is 40.2 Å². The van der Waals surface area contributed by atoms with Crippen LogP contribution in [0, 0.1) is 0 Å². The number of halogens is 2. The fourth-order valence-corrected chi connectivity index (χ4v) is 2.70. The van der Waals surface area contributed by atoms with Crippen LogP contribution in [0.1, 0.15) is 12.5 Å². The van der Waals surface area contributed by atoms with Gasteiger partial charge in [-0.15, -0.1) is 0 Å². The van der Waals surface area contributed by atoms with Crippen molar-refractivity contribution in [1.29, 1.82) is 0 Å². The fourth-order valence-electron chi connectivity index (χ4n) is 1.96. The highest BCUT2D eigenvalue weighted by molar-refractivity contribution is 7.80. The van der Waals surface area contributed by atoms with Gasteiger partial charge in [-0.25, -0.2) is 0 Å². The van der Waals surface area contributed by atoms with Gasteiger partial charge in [0.05, 0.1) is 6.61 Å². The quantitative estimate of drug-likeness (QED) is 0.558. The molecular weight excluding hydrogens is 379 g/mol. The van der Waals surface area contributed by atoms with Crippen LogP contribution in [0.3, 0.4) is 0 Å². The Balaban J connectivity index is 1.89. The van der Waals surface area contributed by atoms with E-state index in [-0.39, 0.29) is 11.0 Å². The number of carbonyl (C=O) groups is 1. The minimum absolute atomic E-state index is 0.152. The van der Waals surface area contributed by atoms with E-state index in [0.29, 0.717) is 22.3 Å². The number of amides is 1. The van der Waals surface area contributed by atoms with Crippen LogP contribution in [0.5, 0.6) is 5.75 Å². The van der Waals surface area contributed by atoms with Gasteiger partial charge in [0.2, 0.25) is 5.91 Å². The molecule has 0 aliphatic carbocycles. The average Bonchev–Trinajstić information content (AvgIpc) is 2.53. The SMILES string of the molecule is CCOc1ccc(/C=C/C(=O)NC(=S)Nc2cc(Cl)cc(Cl)c2)cc1. The van der Waals surface area contributed by atoms with Crippen LogP contribution in [0.15, 0.2) is 48.5 Å². The first-order valence-electron chi connectivity index (χ1n) is 7.45. The third-order valence-electron chi connectivity index (χ3n) is 2.98. The molecule has 130 valence electrons. The largest absolute Gasteiger partial charge is 0.494 e. The Bertz CT molecular complexity index is 772. The Kier molecular flexibility index (Phi) is 7.25. The summed E-state index contributed by atoms with van der Waals surface area (Å²) in [5.74, 6) is 0.439. The number of hydrogen-bond acceptors (Lipinski definition) is 3. The second kappa shape index (κ2) is 9.42. The molecule has 0 heterocycles. The molecule has 1 amide bonds. The molecule has 2 aromatic carbocycles. The molecule has 0 spiro atoms. The predicted octanol–water partition coefficient (Wildman–Crippen LogP) is 4.92. The molecule has 2 N–H and O–H groups in total. The first-order valence-corrected chi connectivity index (χ1v) is 8.61. The number of benzene rings is 2. The lowest BCUT2D eigenvalue weighted by Gasteiger charge is -2.09. The molecule has 0 bridgehead atoms. The van der Waals surface area contributed by atoms with Crippen molar-refractivity contribution in [3.63, 3.8) is 0 Å². The van der Waals surface area contributed by atoms with E-state index in [1.807, 2.05) is 31.2 Å². The molecule has 0 atom stereocenters. The molecule has 2 rings (SSSR count). The van der Waals surface area contributed by atoms with Gasteiger partial charge in [0, 0.05) is 21.8 Å². The number of ether oxygens (including phenoxy) is 1. The van der Waals surface area contributed by atoms with Crippen molar-refractivity contribution < 1.29 is 9.53 Å². The molecule has 0 saturated heterocycles. The van der Waals surface area contributed by atoms with E-state index in [1.54, 1.807) is 24.3 Å². The lowest BCUT2D eigenvalue weighted by molar-refractivity contribution is -0.115. The summed E-state index contributed by atoms with van der Waals surface area (Å²) in [4.78, 5) is 11.9. The number of nitrogens with one attached hydrogen (secondary N) is 2. The standard InChI is InChI=1S/C18H16Cl2N2O2S/c1-2-24-16-6-3-12(4-7-16)5-8-17(23)22-18(25)21-15-10-13(19)9-14(20)11-15/h3-11H,2H2,1H3,(H2,21,22,23,25)/b8-5+. The van der Waals surface area contributed by atoms with Crippen molar-refractivity contribution in [2.45, 2.75) is 6.92 Å². The number of rotatable bonds is 5. The molecule has 0 aliphatic heterocycles. The first kappa shape index (κ1) is 19.2. The lowest BCUT2D eigenvalue weighted by atomic mass is 10.2. The minimum atomic E-state index is -0.348. The van der Waals surface area contributed by atoms with Gasteiger partial charge in [-0.05, 0) is 61.1 Å². The van der Waals surface area contributed by atoms with Gasteiger partial charge in [-0.1, -0.05) is 35.3 Å². The van der Waals surface area contributed by atoms with Crippen LogP contribution in [0.4, 0.5) is 5.69 Å². The Morgan fingerprint density at radius 1 is 1.16 bits per heavy atom. The van der Waals surface area contributed by atoms with E-state index < -0.39 is 0 Å². The summed E-state index contributed by atoms with van der Waals surface area (Å²) in [6, 6.07) is 12.3. The maximum atomic E-state index is 11.9.